The Balaban J connectivity index is 1.58. The molecule has 0 spiro atoms. The Labute approximate surface area is 175 Å². The van der Waals surface area contributed by atoms with E-state index in [4.69, 9.17) is 0 Å². The zero-order valence-corrected chi connectivity index (χ0v) is 18.0. The number of aryl methyl sites for hydroxylation is 1. The number of nitrogens with one attached hydrogen (secondary N) is 1. The van der Waals surface area contributed by atoms with E-state index in [0.29, 0.717) is 0 Å². The van der Waals surface area contributed by atoms with Crippen LogP contribution in [-0.4, -0.2) is 41.4 Å². The predicted molar refractivity (Wildman–Crippen MR) is 113 cm³/mol. The minimum absolute atomic E-state index is 0.0692. The van der Waals surface area contributed by atoms with Gasteiger partial charge in [-0.1, -0.05) is 12.1 Å². The normalized spacial score (nSPS) is 13.5. The number of benzene rings is 2. The van der Waals surface area contributed by atoms with Crippen LogP contribution in [0.3, 0.4) is 0 Å². The van der Waals surface area contributed by atoms with Crippen molar-refractivity contribution in [3.8, 4) is 5.75 Å². The van der Waals surface area contributed by atoms with Crippen molar-refractivity contribution < 1.29 is 22.1 Å². The van der Waals surface area contributed by atoms with Crippen molar-refractivity contribution in [2.24, 2.45) is 0 Å². The number of hydrogen-bond acceptors (Lipinski definition) is 6. The van der Waals surface area contributed by atoms with Gasteiger partial charge in [-0.15, -0.1) is 0 Å². The van der Waals surface area contributed by atoms with Crippen molar-refractivity contribution >= 4 is 21.2 Å². The van der Waals surface area contributed by atoms with Gasteiger partial charge in [0.05, 0.1) is 29.7 Å². The molecule has 30 heavy (non-hydrogen) atoms. The molecule has 0 saturated carbocycles. The van der Waals surface area contributed by atoms with Crippen LogP contribution in [0.15, 0.2) is 48.8 Å². The zero-order chi connectivity index (χ0) is 21.9. The second kappa shape index (κ2) is 8.71. The topological polar surface area (TPSA) is 93.4 Å². The third-order valence-corrected chi connectivity index (χ3v) is 5.35. The van der Waals surface area contributed by atoms with E-state index in [0.717, 1.165) is 36.3 Å². The SMILES string of the molecule is CC(C)(CCn1cnc2ccccc21)NCC(O)c1ccc(OS(C)(=O)=O)cc1F. The van der Waals surface area contributed by atoms with E-state index in [1.807, 2.05) is 44.4 Å². The van der Waals surface area contributed by atoms with Gasteiger partial charge >= 0.3 is 10.1 Å². The number of hydrogen-bond donors (Lipinski definition) is 2. The fourth-order valence-corrected chi connectivity index (χ4v) is 3.62. The maximum Gasteiger partial charge on any atom is 0.306 e. The molecule has 1 atom stereocenters. The summed E-state index contributed by atoms with van der Waals surface area (Å²) in [5.41, 5.74) is 1.76. The number of nitrogens with zero attached hydrogens (tertiary/aromatic N) is 2. The first kappa shape index (κ1) is 22.2. The van der Waals surface area contributed by atoms with Gasteiger partial charge in [-0.2, -0.15) is 8.42 Å². The molecule has 0 aliphatic rings. The Bertz CT molecular complexity index is 1130. The molecular formula is C21H26FN3O4S. The lowest BCUT2D eigenvalue weighted by Crippen LogP contribution is -2.42. The Morgan fingerprint density at radius 3 is 2.70 bits per heavy atom. The fraction of sp³-hybridized carbons (Fsp3) is 0.381. The lowest BCUT2D eigenvalue weighted by Gasteiger charge is -2.28. The van der Waals surface area contributed by atoms with Crippen LogP contribution in [0.1, 0.15) is 31.9 Å². The molecule has 1 unspecified atom stereocenters. The number of rotatable bonds is 9. The monoisotopic (exact) mass is 435 g/mol. The molecule has 2 N–H and O–H groups in total. The van der Waals surface area contributed by atoms with Gasteiger partial charge in [0.25, 0.3) is 0 Å². The highest BCUT2D eigenvalue weighted by Crippen LogP contribution is 2.23. The Hall–Kier alpha value is -2.49. The molecule has 1 aromatic heterocycles. The Morgan fingerprint density at radius 1 is 1.27 bits per heavy atom. The second-order valence-electron chi connectivity index (χ2n) is 7.93. The summed E-state index contributed by atoms with van der Waals surface area (Å²) in [6.45, 7) is 4.90. The van der Waals surface area contributed by atoms with Crippen LogP contribution in [-0.2, 0) is 16.7 Å². The number of β-amino-alcohol motifs (C(OH)–C–C–N with tert-alkyl or cyclic N) is 1. The molecule has 2 aromatic carbocycles. The number of halogens is 1. The second-order valence-corrected chi connectivity index (χ2v) is 9.50. The van der Waals surface area contributed by atoms with Gasteiger partial charge < -0.3 is 19.2 Å². The van der Waals surface area contributed by atoms with Crippen LogP contribution in [0.25, 0.3) is 11.0 Å². The van der Waals surface area contributed by atoms with Crippen molar-refractivity contribution in [3.05, 3.63) is 60.2 Å². The number of para-hydroxylation sites is 2. The third kappa shape index (κ3) is 5.78. The van der Waals surface area contributed by atoms with Crippen LogP contribution < -0.4 is 9.50 Å². The zero-order valence-electron chi connectivity index (χ0n) is 17.2. The van der Waals surface area contributed by atoms with Crippen LogP contribution in [0.5, 0.6) is 5.75 Å². The van der Waals surface area contributed by atoms with Gasteiger partial charge in [-0.3, -0.25) is 0 Å². The summed E-state index contributed by atoms with van der Waals surface area (Å²) in [6.07, 6.45) is 2.37. The molecule has 7 nitrogen and oxygen atoms in total. The fourth-order valence-electron chi connectivity index (χ4n) is 3.16. The number of imidazole rings is 1. The summed E-state index contributed by atoms with van der Waals surface area (Å²) in [7, 11) is -3.74. The molecule has 1 heterocycles. The molecule has 0 amide bonds. The highest BCUT2D eigenvalue weighted by Gasteiger charge is 2.21. The van der Waals surface area contributed by atoms with Gasteiger partial charge in [0.1, 0.15) is 11.6 Å². The number of aromatic nitrogens is 2. The minimum atomic E-state index is -3.74. The van der Waals surface area contributed by atoms with Gasteiger partial charge in [0, 0.05) is 30.3 Å². The molecule has 0 fully saturated rings. The van der Waals surface area contributed by atoms with Crippen molar-refractivity contribution in [1.82, 2.24) is 14.9 Å². The lowest BCUT2D eigenvalue weighted by atomic mass is 9.99. The maximum atomic E-state index is 14.3. The first-order valence-electron chi connectivity index (χ1n) is 9.56. The summed E-state index contributed by atoms with van der Waals surface area (Å²) in [5, 5.41) is 13.7. The molecule has 0 bridgehead atoms. The van der Waals surface area contributed by atoms with Gasteiger partial charge in [0.15, 0.2) is 0 Å². The van der Waals surface area contributed by atoms with E-state index in [2.05, 4.69) is 19.1 Å². The van der Waals surface area contributed by atoms with Gasteiger partial charge in [-0.05, 0) is 44.5 Å². The highest BCUT2D eigenvalue weighted by molar-refractivity contribution is 7.86. The summed E-state index contributed by atoms with van der Waals surface area (Å²) >= 11 is 0. The van der Waals surface area contributed by atoms with E-state index >= 15 is 0 Å². The van der Waals surface area contributed by atoms with Crippen molar-refractivity contribution in [2.45, 2.75) is 38.5 Å². The quantitative estimate of drug-likeness (QED) is 0.502. The predicted octanol–water partition coefficient (Wildman–Crippen LogP) is 3.01. The number of fused-ring (bicyclic) bond motifs is 1. The van der Waals surface area contributed by atoms with Gasteiger partial charge in [0.2, 0.25) is 0 Å². The molecule has 3 aromatic rings. The highest BCUT2D eigenvalue weighted by atomic mass is 32.2. The smallest absolute Gasteiger partial charge is 0.306 e. The Kier molecular flexibility index (Phi) is 6.44. The lowest BCUT2D eigenvalue weighted by molar-refractivity contribution is 0.154. The molecule has 162 valence electrons. The molecule has 3 rings (SSSR count). The third-order valence-electron chi connectivity index (χ3n) is 4.86. The van der Waals surface area contributed by atoms with Gasteiger partial charge in [-0.25, -0.2) is 9.37 Å². The largest absolute Gasteiger partial charge is 0.387 e. The van der Waals surface area contributed by atoms with Crippen LogP contribution >= 0.6 is 0 Å². The average Bonchev–Trinajstić information content (AvgIpc) is 3.07. The van der Waals surface area contributed by atoms with E-state index < -0.39 is 22.0 Å². The van der Waals surface area contributed by atoms with E-state index in [1.165, 1.54) is 12.1 Å². The summed E-state index contributed by atoms with van der Waals surface area (Å²) < 4.78 is 43.3. The molecule has 9 heteroatoms. The summed E-state index contributed by atoms with van der Waals surface area (Å²) in [4.78, 5) is 4.39. The maximum absolute atomic E-state index is 14.3. The van der Waals surface area contributed by atoms with Crippen LogP contribution in [0, 0.1) is 5.82 Å². The number of aliphatic hydroxyl groups excluding tert-OH is 1. The van der Waals surface area contributed by atoms with Crippen LogP contribution in [0.2, 0.25) is 0 Å². The first-order chi connectivity index (χ1) is 14.0. The minimum Gasteiger partial charge on any atom is -0.387 e. The first-order valence-corrected chi connectivity index (χ1v) is 11.4. The molecular weight excluding hydrogens is 409 g/mol. The summed E-state index contributed by atoms with van der Waals surface area (Å²) in [5.74, 6) is -0.861. The van der Waals surface area contributed by atoms with E-state index in [9.17, 15) is 17.9 Å². The van der Waals surface area contributed by atoms with Crippen molar-refractivity contribution in [1.29, 1.82) is 0 Å². The molecule has 0 saturated heterocycles. The summed E-state index contributed by atoms with van der Waals surface area (Å²) in [6, 6.07) is 11.5. The van der Waals surface area contributed by atoms with E-state index in [1.54, 1.807) is 0 Å². The standard InChI is InChI=1S/C21H26FN3O4S/c1-21(2,10-11-25-14-23-18-6-4-5-7-19(18)25)24-13-20(26)16-9-8-15(12-17(16)22)29-30(3,27)28/h4-9,12,14,20,24,26H,10-11,13H2,1-3H3. The molecule has 0 radical (unpaired) electrons. The Morgan fingerprint density at radius 2 is 2.00 bits per heavy atom. The van der Waals surface area contributed by atoms with Crippen LogP contribution in [0.4, 0.5) is 4.39 Å². The molecule has 0 aliphatic carbocycles. The van der Waals surface area contributed by atoms with Crippen molar-refractivity contribution in [2.75, 3.05) is 12.8 Å². The molecule has 0 aliphatic heterocycles. The number of aliphatic hydroxyl groups is 1. The van der Waals surface area contributed by atoms with E-state index in [-0.39, 0.29) is 23.4 Å². The average molecular weight is 436 g/mol. The van der Waals surface area contributed by atoms with Crippen molar-refractivity contribution in [3.63, 3.8) is 0 Å².